The van der Waals surface area contributed by atoms with Crippen LogP contribution in [0.25, 0.3) is 0 Å². The molecular weight excluding hydrogens is 428 g/mol. The predicted octanol–water partition coefficient (Wildman–Crippen LogP) is 5.49. The van der Waals surface area contributed by atoms with Gasteiger partial charge in [0.15, 0.2) is 12.1 Å². The van der Waals surface area contributed by atoms with Gasteiger partial charge in [0, 0.05) is 19.3 Å². The van der Waals surface area contributed by atoms with Gasteiger partial charge >= 0.3 is 0 Å². The highest BCUT2D eigenvalue weighted by atomic mass is 16.7. The van der Waals surface area contributed by atoms with Gasteiger partial charge in [0.05, 0.1) is 12.0 Å². The summed E-state index contributed by atoms with van der Waals surface area (Å²) in [6.07, 6.45) is 15.3. The zero-order valence-corrected chi connectivity index (χ0v) is 20.2. The van der Waals surface area contributed by atoms with Gasteiger partial charge in [0.1, 0.15) is 11.5 Å². The van der Waals surface area contributed by atoms with Crippen molar-refractivity contribution in [1.82, 2.24) is 20.6 Å². The molecule has 0 amide bonds. The average Bonchev–Trinajstić information content (AvgIpc) is 3.52. The second-order valence-electron chi connectivity index (χ2n) is 9.61. The SMILES string of the molecule is O=C1CCC[C@@]1(CCCCCCc1nn[nH]n1)C(=CCCc1ccccc1)OC1CCCCO1. The number of Topliss-reactive ketones (excluding diaryl/α,β-unsaturated/α-hetero) is 1. The number of rotatable bonds is 13. The van der Waals surface area contributed by atoms with Crippen LogP contribution in [-0.4, -0.2) is 39.3 Å². The Morgan fingerprint density at radius 1 is 1.12 bits per heavy atom. The standard InChI is InChI=1S/C27H38N4O3/c32-23-15-11-20-27(23,19-8-2-1-6-17-25-28-30-31-29-25)24(34-26-18-7-9-21-33-26)16-10-14-22-12-4-3-5-13-22/h3-5,12-13,16,26H,1-2,6-11,14-15,17-21H2,(H,28,29,30,31)/t26?,27-/m1/s1. The number of aromatic amines is 1. The van der Waals surface area contributed by atoms with Crippen molar-refractivity contribution in [2.75, 3.05) is 6.61 Å². The first-order valence-electron chi connectivity index (χ1n) is 13.0. The van der Waals surface area contributed by atoms with E-state index in [1.54, 1.807) is 0 Å². The molecular formula is C27H38N4O3. The number of nitrogens with one attached hydrogen (secondary N) is 1. The molecule has 2 fully saturated rings. The number of aromatic nitrogens is 4. The predicted molar refractivity (Wildman–Crippen MR) is 130 cm³/mol. The number of allylic oxidation sites excluding steroid dienone is 2. The molecule has 7 heteroatoms. The normalized spacial score (nSPS) is 23.4. The third-order valence-corrected chi connectivity index (χ3v) is 7.16. The number of hydrogen-bond acceptors (Lipinski definition) is 6. The second kappa shape index (κ2) is 12.8. The van der Waals surface area contributed by atoms with Gasteiger partial charge in [-0.1, -0.05) is 54.8 Å². The number of carbonyl (C=O) groups is 1. The highest BCUT2D eigenvalue weighted by Gasteiger charge is 2.46. The molecule has 184 valence electrons. The van der Waals surface area contributed by atoms with Gasteiger partial charge in [-0.05, 0) is 63.0 Å². The Bertz CT molecular complexity index is 894. The monoisotopic (exact) mass is 466 g/mol. The maximum Gasteiger partial charge on any atom is 0.199 e. The zero-order valence-electron chi connectivity index (χ0n) is 20.2. The van der Waals surface area contributed by atoms with Gasteiger partial charge < -0.3 is 9.47 Å². The molecule has 0 radical (unpaired) electrons. The minimum absolute atomic E-state index is 0.225. The van der Waals surface area contributed by atoms with E-state index in [0.717, 1.165) is 102 Å². The lowest BCUT2D eigenvalue weighted by Gasteiger charge is -2.34. The molecule has 1 aromatic heterocycles. The molecule has 1 aromatic carbocycles. The number of ether oxygens (including phenoxy) is 2. The summed E-state index contributed by atoms with van der Waals surface area (Å²) < 4.78 is 12.4. The van der Waals surface area contributed by atoms with Gasteiger partial charge in [-0.2, -0.15) is 5.21 Å². The van der Waals surface area contributed by atoms with Crippen LogP contribution < -0.4 is 0 Å². The van der Waals surface area contributed by atoms with E-state index in [4.69, 9.17) is 9.47 Å². The molecule has 1 unspecified atom stereocenters. The lowest BCUT2D eigenvalue weighted by Crippen LogP contribution is -2.33. The van der Waals surface area contributed by atoms with Crippen molar-refractivity contribution in [3.05, 3.63) is 53.6 Å². The Hall–Kier alpha value is -2.54. The van der Waals surface area contributed by atoms with Crippen molar-refractivity contribution in [3.63, 3.8) is 0 Å². The Balaban J connectivity index is 1.39. The van der Waals surface area contributed by atoms with E-state index < -0.39 is 5.41 Å². The molecule has 2 heterocycles. The van der Waals surface area contributed by atoms with Crippen molar-refractivity contribution in [2.45, 2.75) is 96.2 Å². The number of carbonyl (C=O) groups excluding carboxylic acids is 1. The topological polar surface area (TPSA) is 90.0 Å². The quantitative estimate of drug-likeness (QED) is 0.310. The maximum absolute atomic E-state index is 13.3. The van der Waals surface area contributed by atoms with Crippen LogP contribution in [-0.2, 0) is 27.1 Å². The van der Waals surface area contributed by atoms with E-state index >= 15 is 0 Å². The fourth-order valence-electron chi connectivity index (χ4n) is 5.25. The van der Waals surface area contributed by atoms with Crippen LogP contribution in [0.3, 0.4) is 0 Å². The van der Waals surface area contributed by atoms with Crippen LogP contribution in [0.1, 0.15) is 88.4 Å². The van der Waals surface area contributed by atoms with Crippen molar-refractivity contribution < 1.29 is 14.3 Å². The third kappa shape index (κ3) is 6.75. The molecule has 0 bridgehead atoms. The van der Waals surface area contributed by atoms with Gasteiger partial charge in [0.25, 0.3) is 0 Å². The molecule has 1 aliphatic carbocycles. The molecule has 7 nitrogen and oxygen atoms in total. The van der Waals surface area contributed by atoms with Crippen molar-refractivity contribution in [2.24, 2.45) is 5.41 Å². The summed E-state index contributed by atoms with van der Waals surface area (Å²) >= 11 is 0. The molecule has 1 aliphatic heterocycles. The van der Waals surface area contributed by atoms with Gasteiger partial charge in [-0.15, -0.1) is 10.2 Å². The van der Waals surface area contributed by atoms with E-state index in [2.05, 4.69) is 51.0 Å². The Morgan fingerprint density at radius 2 is 2.00 bits per heavy atom. The molecule has 34 heavy (non-hydrogen) atoms. The maximum atomic E-state index is 13.3. The number of benzene rings is 1. The lowest BCUT2D eigenvalue weighted by atomic mass is 9.77. The first kappa shape index (κ1) is 24.6. The summed E-state index contributed by atoms with van der Waals surface area (Å²) in [5, 5.41) is 14.2. The number of aryl methyl sites for hydroxylation is 2. The van der Waals surface area contributed by atoms with E-state index in [1.165, 1.54) is 5.56 Å². The minimum Gasteiger partial charge on any atom is -0.469 e. The van der Waals surface area contributed by atoms with Crippen molar-refractivity contribution in [3.8, 4) is 0 Å². The number of hydrogen-bond donors (Lipinski definition) is 1. The van der Waals surface area contributed by atoms with Crippen LogP contribution in [0.4, 0.5) is 0 Å². The number of nitrogens with zero attached hydrogens (tertiary/aromatic N) is 3. The van der Waals surface area contributed by atoms with Crippen LogP contribution >= 0.6 is 0 Å². The van der Waals surface area contributed by atoms with Gasteiger partial charge in [-0.25, -0.2) is 0 Å². The minimum atomic E-state index is -0.481. The lowest BCUT2D eigenvalue weighted by molar-refractivity contribution is -0.155. The average molecular weight is 467 g/mol. The highest BCUT2D eigenvalue weighted by Crippen LogP contribution is 2.47. The summed E-state index contributed by atoms with van der Waals surface area (Å²) in [5.74, 6) is 2.00. The summed E-state index contributed by atoms with van der Waals surface area (Å²) in [7, 11) is 0. The summed E-state index contributed by atoms with van der Waals surface area (Å²) in [6, 6.07) is 10.5. The molecule has 1 N–H and O–H groups in total. The first-order chi connectivity index (χ1) is 16.8. The molecule has 2 atom stereocenters. The highest BCUT2D eigenvalue weighted by molar-refractivity contribution is 5.89. The molecule has 2 aromatic rings. The summed E-state index contributed by atoms with van der Waals surface area (Å²) in [6.45, 7) is 0.739. The summed E-state index contributed by atoms with van der Waals surface area (Å²) in [5.41, 5.74) is 0.825. The van der Waals surface area contributed by atoms with Crippen molar-refractivity contribution in [1.29, 1.82) is 0 Å². The number of H-pyrrole nitrogens is 1. The third-order valence-electron chi connectivity index (χ3n) is 7.16. The Kier molecular flexibility index (Phi) is 9.25. The van der Waals surface area contributed by atoms with E-state index in [0.29, 0.717) is 12.2 Å². The van der Waals surface area contributed by atoms with E-state index in [-0.39, 0.29) is 6.29 Å². The summed E-state index contributed by atoms with van der Waals surface area (Å²) in [4.78, 5) is 13.3. The fraction of sp³-hybridized carbons (Fsp3) is 0.630. The Labute approximate surface area is 202 Å². The molecule has 2 aliphatic rings. The zero-order chi connectivity index (χ0) is 23.5. The van der Waals surface area contributed by atoms with Gasteiger partial charge in [-0.3, -0.25) is 4.79 Å². The van der Waals surface area contributed by atoms with E-state index in [1.807, 2.05) is 6.07 Å². The Morgan fingerprint density at radius 3 is 2.74 bits per heavy atom. The van der Waals surface area contributed by atoms with Gasteiger partial charge in [0.2, 0.25) is 0 Å². The molecule has 4 rings (SSSR count). The number of ketones is 1. The van der Waals surface area contributed by atoms with Crippen LogP contribution in [0.2, 0.25) is 0 Å². The van der Waals surface area contributed by atoms with Crippen LogP contribution in [0.15, 0.2) is 42.2 Å². The number of unbranched alkanes of at least 4 members (excludes halogenated alkanes) is 3. The second-order valence-corrected chi connectivity index (χ2v) is 9.61. The number of tetrazole rings is 1. The smallest absolute Gasteiger partial charge is 0.199 e. The van der Waals surface area contributed by atoms with Crippen molar-refractivity contribution >= 4 is 5.78 Å². The van der Waals surface area contributed by atoms with Crippen LogP contribution in [0.5, 0.6) is 0 Å². The molecule has 1 saturated heterocycles. The first-order valence-corrected chi connectivity index (χ1v) is 13.0. The largest absolute Gasteiger partial charge is 0.469 e. The van der Waals surface area contributed by atoms with E-state index in [9.17, 15) is 4.79 Å². The fourth-order valence-corrected chi connectivity index (χ4v) is 5.25. The molecule has 1 saturated carbocycles. The molecule has 0 spiro atoms. The van der Waals surface area contributed by atoms with Crippen LogP contribution in [0, 0.1) is 5.41 Å².